The van der Waals surface area contributed by atoms with Crippen LogP contribution >= 0.6 is 0 Å². The lowest BCUT2D eigenvalue weighted by Gasteiger charge is -2.41. The maximum absolute atomic E-state index is 13.6. The largest absolute Gasteiger partial charge is 0.393 e. The van der Waals surface area contributed by atoms with Gasteiger partial charge < -0.3 is 15.3 Å². The van der Waals surface area contributed by atoms with E-state index in [2.05, 4.69) is 6.92 Å². The Kier molecular flexibility index (Phi) is 16.8. The van der Waals surface area contributed by atoms with Gasteiger partial charge in [-0.2, -0.15) is 0 Å². The Bertz CT molecular complexity index is 603. The third-order valence-electron chi connectivity index (χ3n) is 7.54. The molecule has 0 aromatic rings. The first kappa shape index (κ1) is 33.9. The van der Waals surface area contributed by atoms with Crippen molar-refractivity contribution >= 4 is 17.3 Å². The van der Waals surface area contributed by atoms with E-state index >= 15 is 0 Å². The summed E-state index contributed by atoms with van der Waals surface area (Å²) in [6.07, 6.45) is 10.6. The molecule has 35 heavy (non-hydrogen) atoms. The summed E-state index contributed by atoms with van der Waals surface area (Å²) in [5.41, 5.74) is -5.80. The molecule has 0 saturated carbocycles. The monoisotopic (exact) mass is 498 g/mol. The predicted molar refractivity (Wildman–Crippen MR) is 141 cm³/mol. The highest BCUT2D eigenvalue weighted by atomic mass is 16.4. The summed E-state index contributed by atoms with van der Waals surface area (Å²) < 4.78 is 0. The second kappa shape index (κ2) is 17.4. The summed E-state index contributed by atoms with van der Waals surface area (Å²) in [6.45, 7) is 10.3. The van der Waals surface area contributed by atoms with Gasteiger partial charge in [-0.05, 0) is 25.2 Å². The van der Waals surface area contributed by atoms with Crippen molar-refractivity contribution in [1.29, 1.82) is 0 Å². The molecule has 206 valence electrons. The van der Waals surface area contributed by atoms with Crippen LogP contribution in [-0.4, -0.2) is 50.5 Å². The van der Waals surface area contributed by atoms with Crippen LogP contribution in [0.3, 0.4) is 0 Å². The Morgan fingerprint density at radius 2 is 1.06 bits per heavy atom. The SMILES string of the molecule is CCCCCC(C)CCC(=O)C(O)(CO)C(O)(C(=O)C(C)CCCCC)C(=O)C(C)CCCCC. The van der Waals surface area contributed by atoms with Crippen LogP contribution in [0.1, 0.15) is 131 Å². The van der Waals surface area contributed by atoms with Crippen LogP contribution in [0, 0.1) is 17.8 Å². The number of Topliss-reactive ketones (excluding diaryl/α,β-unsaturated/α-hetero) is 3. The molecule has 0 fully saturated rings. The summed E-state index contributed by atoms with van der Waals surface area (Å²) in [5.74, 6) is -3.79. The molecule has 0 bridgehead atoms. The van der Waals surface area contributed by atoms with Gasteiger partial charge in [0.15, 0.2) is 23.0 Å². The van der Waals surface area contributed by atoms with E-state index < -0.39 is 47.0 Å². The third kappa shape index (κ3) is 9.70. The molecule has 4 unspecified atom stereocenters. The number of carbonyl (C=O) groups excluding carboxylic acids is 3. The number of carbonyl (C=O) groups is 3. The average Bonchev–Trinajstić information content (AvgIpc) is 2.85. The van der Waals surface area contributed by atoms with Crippen LogP contribution in [0.4, 0.5) is 0 Å². The third-order valence-corrected chi connectivity index (χ3v) is 7.54. The van der Waals surface area contributed by atoms with E-state index in [9.17, 15) is 29.7 Å². The fraction of sp³-hybridized carbons (Fsp3) is 0.897. The molecular formula is C29H54O6. The number of aliphatic hydroxyl groups excluding tert-OH is 1. The zero-order valence-corrected chi connectivity index (χ0v) is 23.4. The first-order valence-corrected chi connectivity index (χ1v) is 14.1. The van der Waals surface area contributed by atoms with Crippen LogP contribution in [0.15, 0.2) is 0 Å². The minimum atomic E-state index is -2.96. The van der Waals surface area contributed by atoms with E-state index in [-0.39, 0.29) is 12.3 Å². The van der Waals surface area contributed by atoms with Crippen LogP contribution < -0.4 is 0 Å². The zero-order chi connectivity index (χ0) is 27.1. The number of unbranched alkanes of at least 4 members (excludes halogenated alkanes) is 6. The van der Waals surface area contributed by atoms with Gasteiger partial charge in [0.2, 0.25) is 5.60 Å². The number of rotatable bonds is 22. The smallest absolute Gasteiger partial charge is 0.220 e. The Labute approximate surface area is 214 Å². The number of hydrogen-bond acceptors (Lipinski definition) is 6. The molecule has 0 aliphatic carbocycles. The number of ketones is 3. The van der Waals surface area contributed by atoms with Crippen molar-refractivity contribution in [3.63, 3.8) is 0 Å². The van der Waals surface area contributed by atoms with Gasteiger partial charge in [0.25, 0.3) is 0 Å². The van der Waals surface area contributed by atoms with Crippen LogP contribution in [-0.2, 0) is 14.4 Å². The second-order valence-electron chi connectivity index (χ2n) is 10.8. The van der Waals surface area contributed by atoms with Crippen molar-refractivity contribution in [2.24, 2.45) is 17.8 Å². The van der Waals surface area contributed by atoms with E-state index in [0.29, 0.717) is 19.3 Å². The highest BCUT2D eigenvalue weighted by Crippen LogP contribution is 2.35. The standard InChI is InChI=1S/C29H54O6/c1-7-10-13-16-22(4)19-20-25(31)28(34,21-30)29(35,26(32)23(5)17-14-11-8-2)27(33)24(6)18-15-12-9-3/h22-24,30,34-35H,7-21H2,1-6H3. The van der Waals surface area contributed by atoms with Crippen molar-refractivity contribution in [2.75, 3.05) is 6.61 Å². The maximum Gasteiger partial charge on any atom is 0.220 e. The van der Waals surface area contributed by atoms with E-state index in [1.807, 2.05) is 20.8 Å². The number of aliphatic hydroxyl groups is 3. The van der Waals surface area contributed by atoms with Crippen molar-refractivity contribution in [1.82, 2.24) is 0 Å². The second-order valence-corrected chi connectivity index (χ2v) is 10.8. The Hall–Kier alpha value is -1.11. The zero-order valence-electron chi connectivity index (χ0n) is 23.4. The van der Waals surface area contributed by atoms with Gasteiger partial charge in [-0.3, -0.25) is 14.4 Å². The first-order chi connectivity index (χ1) is 16.5. The molecule has 0 heterocycles. The Morgan fingerprint density at radius 1 is 0.657 bits per heavy atom. The first-order valence-electron chi connectivity index (χ1n) is 14.1. The van der Waals surface area contributed by atoms with Crippen molar-refractivity contribution < 1.29 is 29.7 Å². The van der Waals surface area contributed by atoms with Gasteiger partial charge in [-0.25, -0.2) is 0 Å². The molecule has 0 aliphatic rings. The van der Waals surface area contributed by atoms with Gasteiger partial charge in [0.1, 0.15) is 0 Å². The van der Waals surface area contributed by atoms with E-state index in [4.69, 9.17) is 0 Å². The summed E-state index contributed by atoms with van der Waals surface area (Å²) in [5, 5.41) is 33.3. The molecule has 6 nitrogen and oxygen atoms in total. The lowest BCUT2D eigenvalue weighted by Crippen LogP contribution is -2.71. The van der Waals surface area contributed by atoms with Gasteiger partial charge in [0.05, 0.1) is 6.61 Å². The fourth-order valence-electron chi connectivity index (χ4n) is 4.78. The molecule has 0 saturated heterocycles. The van der Waals surface area contributed by atoms with E-state index in [1.54, 1.807) is 13.8 Å². The molecule has 0 amide bonds. The summed E-state index contributed by atoms with van der Waals surface area (Å²) >= 11 is 0. The molecule has 4 atom stereocenters. The van der Waals surface area contributed by atoms with Crippen LogP contribution in [0.5, 0.6) is 0 Å². The van der Waals surface area contributed by atoms with E-state index in [1.165, 1.54) is 0 Å². The minimum Gasteiger partial charge on any atom is -0.393 e. The topological polar surface area (TPSA) is 112 Å². The van der Waals surface area contributed by atoms with Crippen molar-refractivity contribution in [3.05, 3.63) is 0 Å². The molecule has 3 N–H and O–H groups in total. The van der Waals surface area contributed by atoms with E-state index in [0.717, 1.165) is 64.2 Å². The minimum absolute atomic E-state index is 0.109. The normalized spacial score (nSPS) is 17.7. The van der Waals surface area contributed by atoms with Crippen LogP contribution in [0.25, 0.3) is 0 Å². The summed E-state index contributed by atoms with van der Waals surface area (Å²) in [4.78, 5) is 40.4. The Morgan fingerprint density at radius 3 is 1.43 bits per heavy atom. The molecule has 0 spiro atoms. The van der Waals surface area contributed by atoms with Gasteiger partial charge in [0, 0.05) is 18.3 Å². The molecular weight excluding hydrogens is 444 g/mol. The Balaban J connectivity index is 5.97. The average molecular weight is 499 g/mol. The highest BCUT2D eigenvalue weighted by molar-refractivity contribution is 6.17. The molecule has 0 radical (unpaired) electrons. The number of hydrogen-bond donors (Lipinski definition) is 3. The fourth-order valence-corrected chi connectivity index (χ4v) is 4.78. The summed E-state index contributed by atoms with van der Waals surface area (Å²) in [6, 6.07) is 0. The molecule has 0 rings (SSSR count). The van der Waals surface area contributed by atoms with Gasteiger partial charge in [-0.15, -0.1) is 0 Å². The maximum atomic E-state index is 13.6. The highest BCUT2D eigenvalue weighted by Gasteiger charge is 2.64. The lowest BCUT2D eigenvalue weighted by molar-refractivity contribution is -0.197. The quantitative estimate of drug-likeness (QED) is 0.133. The molecule has 0 aromatic heterocycles. The molecule has 0 aliphatic heterocycles. The van der Waals surface area contributed by atoms with Crippen molar-refractivity contribution in [2.45, 2.75) is 143 Å². The predicted octanol–water partition coefficient (Wildman–Crippen LogP) is 5.58. The van der Waals surface area contributed by atoms with Gasteiger partial charge in [-0.1, -0.05) is 106 Å². The molecule has 6 heteroatoms. The van der Waals surface area contributed by atoms with Crippen molar-refractivity contribution in [3.8, 4) is 0 Å². The molecule has 0 aromatic carbocycles. The van der Waals surface area contributed by atoms with Crippen LogP contribution in [0.2, 0.25) is 0 Å². The lowest BCUT2D eigenvalue weighted by atomic mass is 9.67. The summed E-state index contributed by atoms with van der Waals surface area (Å²) in [7, 11) is 0. The van der Waals surface area contributed by atoms with Gasteiger partial charge >= 0.3 is 0 Å².